The topological polar surface area (TPSA) is 127 Å². The van der Waals surface area contributed by atoms with Crippen LogP contribution < -0.4 is 19.7 Å². The van der Waals surface area contributed by atoms with Crippen LogP contribution in [0.3, 0.4) is 0 Å². The summed E-state index contributed by atoms with van der Waals surface area (Å²) in [7, 11) is 0. The average molecular weight is 606 g/mol. The van der Waals surface area contributed by atoms with Gasteiger partial charge in [0.05, 0.1) is 27.3 Å². The number of carboxylic acid groups (broad SMARTS) is 1. The normalized spacial score (nSPS) is 12.5. The van der Waals surface area contributed by atoms with Crippen molar-refractivity contribution < 1.29 is 24.2 Å². The number of thioether (sulfide) groups is 1. The molecule has 2 amide bonds. The Morgan fingerprint density at radius 1 is 1.10 bits per heavy atom. The van der Waals surface area contributed by atoms with Gasteiger partial charge in [0.1, 0.15) is 17.4 Å². The number of hydrogen-bond acceptors (Lipinski definition) is 10. The highest BCUT2D eigenvalue weighted by Gasteiger charge is 2.26. The Kier molecular flexibility index (Phi) is 7.98. The average Bonchev–Trinajstić information content (AvgIpc) is 3.58. The summed E-state index contributed by atoms with van der Waals surface area (Å²) in [4.78, 5) is 41.2. The Labute approximate surface area is 247 Å². The van der Waals surface area contributed by atoms with Crippen molar-refractivity contribution in [1.82, 2.24) is 15.0 Å². The van der Waals surface area contributed by atoms with Crippen molar-refractivity contribution in [2.75, 3.05) is 29.1 Å². The van der Waals surface area contributed by atoms with Crippen LogP contribution in [0.2, 0.25) is 0 Å². The maximum atomic E-state index is 13.3. The molecule has 0 radical (unpaired) electrons. The van der Waals surface area contributed by atoms with Gasteiger partial charge < -0.3 is 14.6 Å². The number of hydrogen-bond donors (Lipinski definition) is 2. The lowest BCUT2D eigenvalue weighted by Gasteiger charge is -2.29. The van der Waals surface area contributed by atoms with Gasteiger partial charge in [-0.05, 0) is 61.1 Å². The van der Waals surface area contributed by atoms with Gasteiger partial charge in [-0.1, -0.05) is 23.5 Å². The van der Waals surface area contributed by atoms with Gasteiger partial charge in [-0.3, -0.25) is 15.2 Å². The summed E-state index contributed by atoms with van der Waals surface area (Å²) in [5.74, 6) is 1.51. The molecule has 3 aromatic heterocycles. The zero-order chi connectivity index (χ0) is 28.2. The second-order valence-corrected chi connectivity index (χ2v) is 12.1. The number of rotatable bonds is 8. The maximum absolute atomic E-state index is 13.3. The van der Waals surface area contributed by atoms with E-state index in [0.717, 1.165) is 37.7 Å². The Bertz CT molecular complexity index is 1680. The predicted octanol–water partition coefficient (Wildman–Crippen LogP) is 7.03. The third-order valence-electron chi connectivity index (χ3n) is 6.13. The number of pyridine rings is 1. The molecule has 5 aromatic rings. The number of ether oxygens (including phenoxy) is 2. The number of aryl methyl sites for hydroxylation is 1. The first-order valence-corrected chi connectivity index (χ1v) is 15.3. The quantitative estimate of drug-likeness (QED) is 0.109. The number of fused-ring (bicyclic) bond motifs is 2. The molecule has 0 atom stereocenters. The van der Waals surface area contributed by atoms with Gasteiger partial charge in [-0.2, -0.15) is 0 Å². The first kappa shape index (κ1) is 27.0. The molecular weight excluding hydrogens is 583 g/mol. The van der Waals surface area contributed by atoms with Crippen molar-refractivity contribution in [3.05, 3.63) is 71.9 Å². The van der Waals surface area contributed by atoms with E-state index >= 15 is 0 Å². The molecule has 0 spiro atoms. The zero-order valence-electron chi connectivity index (χ0n) is 21.5. The van der Waals surface area contributed by atoms with E-state index in [-0.39, 0.29) is 11.9 Å². The van der Waals surface area contributed by atoms with E-state index in [4.69, 9.17) is 9.47 Å². The van der Waals surface area contributed by atoms with Crippen LogP contribution in [-0.4, -0.2) is 51.1 Å². The van der Waals surface area contributed by atoms with E-state index in [1.54, 1.807) is 35.1 Å². The summed E-state index contributed by atoms with van der Waals surface area (Å²) in [5, 5.41) is 13.3. The van der Waals surface area contributed by atoms with Crippen LogP contribution in [0, 0.1) is 0 Å². The van der Waals surface area contributed by atoms with Gasteiger partial charge in [-0.25, -0.2) is 19.6 Å². The number of benzene rings is 2. The van der Waals surface area contributed by atoms with E-state index in [1.165, 1.54) is 22.7 Å². The molecule has 2 aromatic carbocycles. The summed E-state index contributed by atoms with van der Waals surface area (Å²) < 4.78 is 11.8. The molecule has 2 N–H and O–H groups in total. The van der Waals surface area contributed by atoms with Crippen LogP contribution in [0.4, 0.5) is 20.4 Å². The van der Waals surface area contributed by atoms with Crippen LogP contribution >= 0.6 is 34.4 Å². The fourth-order valence-electron chi connectivity index (χ4n) is 4.29. The van der Waals surface area contributed by atoms with E-state index in [9.17, 15) is 14.7 Å². The van der Waals surface area contributed by atoms with Gasteiger partial charge in [-0.15, -0.1) is 23.1 Å². The van der Waals surface area contributed by atoms with Crippen LogP contribution in [0.5, 0.6) is 11.6 Å². The van der Waals surface area contributed by atoms with E-state index in [0.29, 0.717) is 41.1 Å². The Hall–Kier alpha value is -4.20. The number of nitrogens with zero attached hydrogens (tertiary/aromatic N) is 4. The van der Waals surface area contributed by atoms with Crippen molar-refractivity contribution in [1.29, 1.82) is 0 Å². The molecule has 13 heteroatoms. The summed E-state index contributed by atoms with van der Waals surface area (Å²) in [6.45, 7) is 0.716. The van der Waals surface area contributed by atoms with Gasteiger partial charge in [0.2, 0.25) is 5.88 Å². The number of anilines is 2. The zero-order valence-corrected chi connectivity index (χ0v) is 23.9. The molecule has 0 aliphatic carbocycles. The van der Waals surface area contributed by atoms with Gasteiger partial charge >= 0.3 is 12.2 Å². The molecule has 10 nitrogen and oxygen atoms in total. The molecule has 1 aliphatic rings. The lowest BCUT2D eigenvalue weighted by atomic mass is 10.1. The van der Waals surface area contributed by atoms with Crippen molar-refractivity contribution in [3.63, 3.8) is 0 Å². The number of carbonyl (C=O) groups excluding carboxylic acids is 1. The maximum Gasteiger partial charge on any atom is 0.512 e. The molecule has 6 rings (SSSR count). The van der Waals surface area contributed by atoms with Gasteiger partial charge in [0.15, 0.2) is 5.13 Å². The molecule has 0 fully saturated rings. The highest BCUT2D eigenvalue weighted by molar-refractivity contribution is 7.99. The van der Waals surface area contributed by atoms with Crippen LogP contribution in [0.1, 0.15) is 11.3 Å². The second kappa shape index (κ2) is 12.1. The van der Waals surface area contributed by atoms with Crippen molar-refractivity contribution in [2.45, 2.75) is 17.7 Å². The highest BCUT2D eigenvalue weighted by atomic mass is 32.2. The first-order valence-electron chi connectivity index (χ1n) is 12.7. The summed E-state index contributed by atoms with van der Waals surface area (Å²) in [6, 6.07) is 16.8. The fourth-order valence-corrected chi connectivity index (χ4v) is 7.01. The molecule has 4 heterocycles. The number of thiazole rings is 2. The predicted molar refractivity (Wildman–Crippen MR) is 161 cm³/mol. The van der Waals surface area contributed by atoms with Crippen molar-refractivity contribution in [2.24, 2.45) is 0 Å². The Morgan fingerprint density at radius 3 is 2.78 bits per heavy atom. The third-order valence-corrected chi connectivity index (χ3v) is 9.33. The molecule has 208 valence electrons. The lowest BCUT2D eigenvalue weighted by molar-refractivity contribution is 0.142. The van der Waals surface area contributed by atoms with E-state index in [1.807, 2.05) is 48.5 Å². The highest BCUT2D eigenvalue weighted by Crippen LogP contribution is 2.40. The Balaban J connectivity index is 1.20. The summed E-state index contributed by atoms with van der Waals surface area (Å²) in [6.07, 6.45) is 3.52. The lowest BCUT2D eigenvalue weighted by Crippen LogP contribution is -2.40. The third kappa shape index (κ3) is 6.26. The summed E-state index contributed by atoms with van der Waals surface area (Å²) in [5.41, 5.74) is 2.15. The number of urea groups is 1. The van der Waals surface area contributed by atoms with E-state index in [2.05, 4.69) is 20.3 Å². The minimum Gasteiger partial charge on any atom is -0.490 e. The van der Waals surface area contributed by atoms with Crippen LogP contribution in [0.25, 0.3) is 20.8 Å². The molecule has 1 aliphatic heterocycles. The van der Waals surface area contributed by atoms with Crippen molar-refractivity contribution >= 4 is 67.7 Å². The second-order valence-electron chi connectivity index (χ2n) is 8.85. The largest absolute Gasteiger partial charge is 0.512 e. The minimum atomic E-state index is -1.41. The Morgan fingerprint density at radius 2 is 1.95 bits per heavy atom. The van der Waals surface area contributed by atoms with Crippen molar-refractivity contribution in [3.8, 4) is 22.2 Å². The van der Waals surface area contributed by atoms with Gasteiger partial charge in [0.25, 0.3) is 0 Å². The first-order chi connectivity index (χ1) is 20.0. The molecule has 41 heavy (non-hydrogen) atoms. The number of aromatic nitrogens is 3. The number of carbonyl (C=O) groups is 2. The van der Waals surface area contributed by atoms with Crippen LogP contribution in [-0.2, 0) is 6.42 Å². The molecule has 0 saturated heterocycles. The fraction of sp³-hybridized carbons (Fsp3) is 0.179. The van der Waals surface area contributed by atoms with Gasteiger partial charge in [0, 0.05) is 22.9 Å². The number of amides is 2. The summed E-state index contributed by atoms with van der Waals surface area (Å²) >= 11 is 4.50. The molecule has 0 saturated carbocycles. The number of para-hydroxylation sites is 1. The van der Waals surface area contributed by atoms with Crippen LogP contribution in [0.15, 0.2) is 71.9 Å². The van der Waals surface area contributed by atoms with E-state index < -0.39 is 6.16 Å². The monoisotopic (exact) mass is 605 g/mol. The SMILES string of the molecule is O=C(O)Oc1nc(-c2ccc3c(c2)N(C(=O)Nc2nc4ccccc4s2)CCO3)sc1CCCSc1ccncc1. The molecular formula is C28H23N5O5S3. The minimum absolute atomic E-state index is 0.0887. The molecule has 0 unspecified atom stereocenters. The number of nitrogens with one attached hydrogen (secondary N) is 1. The standard InChI is InChI=1S/C28H23N5O5S3/c34-27(32-26-30-19-4-1-2-5-22(19)41-26)33-13-14-37-21-8-7-17(16-20(21)33)25-31-24(38-28(35)36)23(40-25)6-3-15-39-18-9-11-29-12-10-18/h1-2,4-5,7-12,16H,3,6,13-15H2,(H,35,36)(H,30,32,34). The molecule has 0 bridgehead atoms. The smallest absolute Gasteiger partial charge is 0.490 e.